The number of halogens is 3. The van der Waals surface area contributed by atoms with Gasteiger partial charge in [-0.3, -0.25) is 9.59 Å². The van der Waals surface area contributed by atoms with Crippen molar-refractivity contribution in [3.63, 3.8) is 0 Å². The molecule has 5 rings (SSSR count). The quantitative estimate of drug-likeness (QED) is 0.367. The molecule has 33 heavy (non-hydrogen) atoms. The van der Waals surface area contributed by atoms with E-state index in [1.54, 1.807) is 0 Å². The molecular weight excluding hydrogens is 527 g/mol. The van der Waals surface area contributed by atoms with Crippen LogP contribution in [-0.2, 0) is 16.0 Å². The summed E-state index contributed by atoms with van der Waals surface area (Å²) in [5, 5.41) is 0.584. The van der Waals surface area contributed by atoms with Gasteiger partial charge in [0.2, 0.25) is 5.91 Å². The number of nitrogens with zero attached hydrogens (tertiary/aromatic N) is 2. The number of carbonyl (C=O) groups excluding carboxylic acids is 3. The number of fused-ring (bicyclic) bond motifs is 1. The molecule has 5 nitrogen and oxygen atoms in total. The molecule has 2 atom stereocenters. The predicted octanol–water partition coefficient (Wildman–Crippen LogP) is 6.22. The maximum absolute atomic E-state index is 14.0. The first kappa shape index (κ1) is 22.1. The van der Waals surface area contributed by atoms with Gasteiger partial charge in [-0.15, -0.1) is 0 Å². The summed E-state index contributed by atoms with van der Waals surface area (Å²) in [6, 6.07) is 20.6. The second-order valence-electron chi connectivity index (χ2n) is 8.23. The fourth-order valence-electron chi connectivity index (χ4n) is 4.75. The third-order valence-electron chi connectivity index (χ3n) is 6.19. The van der Waals surface area contributed by atoms with E-state index >= 15 is 0 Å². The number of amides is 4. The molecule has 3 aromatic carbocycles. The number of anilines is 1. The van der Waals surface area contributed by atoms with E-state index in [9.17, 15) is 14.4 Å². The number of rotatable bonds is 4. The van der Waals surface area contributed by atoms with Crippen LogP contribution in [0.3, 0.4) is 0 Å². The summed E-state index contributed by atoms with van der Waals surface area (Å²) in [7, 11) is 0. The number of urea groups is 1. The van der Waals surface area contributed by atoms with Gasteiger partial charge in [0.05, 0.1) is 11.6 Å². The summed E-state index contributed by atoms with van der Waals surface area (Å²) in [6.45, 7) is 0. The second kappa shape index (κ2) is 8.28. The van der Waals surface area contributed by atoms with E-state index in [0.717, 1.165) is 25.4 Å². The monoisotopic (exact) mass is 542 g/mol. The van der Waals surface area contributed by atoms with Crippen molar-refractivity contribution in [3.05, 3.63) is 98.4 Å². The summed E-state index contributed by atoms with van der Waals surface area (Å²) in [4.78, 5) is 43.3. The van der Waals surface area contributed by atoms with Crippen LogP contribution in [0, 0.1) is 0 Å². The van der Waals surface area contributed by atoms with Crippen molar-refractivity contribution in [2.45, 2.75) is 24.3 Å². The normalized spacial score (nSPS) is 22.3. The Balaban J connectivity index is 1.62. The zero-order chi connectivity index (χ0) is 23.3. The summed E-state index contributed by atoms with van der Waals surface area (Å²) in [5.41, 5.74) is 0.537. The van der Waals surface area contributed by atoms with E-state index in [2.05, 4.69) is 15.9 Å². The van der Waals surface area contributed by atoms with Gasteiger partial charge in [0, 0.05) is 20.9 Å². The first-order chi connectivity index (χ1) is 15.8. The molecule has 2 saturated heterocycles. The lowest BCUT2D eigenvalue weighted by Gasteiger charge is -2.27. The van der Waals surface area contributed by atoms with Gasteiger partial charge in [0.1, 0.15) is 5.54 Å². The van der Waals surface area contributed by atoms with Gasteiger partial charge in [-0.25, -0.2) is 14.6 Å². The van der Waals surface area contributed by atoms with Gasteiger partial charge >= 0.3 is 6.03 Å². The molecule has 3 aromatic rings. The van der Waals surface area contributed by atoms with Crippen LogP contribution in [0.4, 0.5) is 10.5 Å². The Bertz CT molecular complexity index is 1260. The molecule has 0 radical (unpaired) electrons. The van der Waals surface area contributed by atoms with Crippen LogP contribution >= 0.6 is 39.1 Å². The maximum Gasteiger partial charge on any atom is 0.339 e. The molecule has 0 aliphatic carbocycles. The number of benzene rings is 3. The first-order valence-corrected chi connectivity index (χ1v) is 11.8. The Kier molecular flexibility index (Phi) is 5.55. The molecule has 2 aliphatic rings. The highest BCUT2D eigenvalue weighted by atomic mass is 79.9. The topological polar surface area (TPSA) is 57.7 Å². The number of imide groups is 2. The highest BCUT2D eigenvalue weighted by Gasteiger charge is 2.66. The van der Waals surface area contributed by atoms with E-state index in [1.165, 1.54) is 18.2 Å². The fourth-order valence-corrected chi connectivity index (χ4v) is 5.53. The largest absolute Gasteiger partial charge is 0.339 e. The molecule has 2 aliphatic heterocycles. The highest BCUT2D eigenvalue weighted by molar-refractivity contribution is 9.10. The average Bonchev–Trinajstić information content (AvgIpc) is 3.19. The van der Waals surface area contributed by atoms with E-state index in [4.69, 9.17) is 23.2 Å². The number of hydrogen-bond acceptors (Lipinski definition) is 3. The van der Waals surface area contributed by atoms with Crippen LogP contribution < -0.4 is 4.90 Å². The van der Waals surface area contributed by atoms with Crippen LogP contribution in [0.1, 0.15) is 23.5 Å². The Morgan fingerprint density at radius 1 is 0.909 bits per heavy atom. The van der Waals surface area contributed by atoms with E-state index in [0.29, 0.717) is 10.0 Å². The molecule has 0 N–H and O–H groups in total. The van der Waals surface area contributed by atoms with E-state index in [1.807, 2.05) is 54.6 Å². The minimum Gasteiger partial charge on any atom is -0.274 e. The van der Waals surface area contributed by atoms with Gasteiger partial charge in [0.15, 0.2) is 0 Å². The molecule has 0 aromatic heterocycles. The first-order valence-electron chi connectivity index (χ1n) is 10.3. The maximum atomic E-state index is 14.0. The molecule has 0 spiro atoms. The molecule has 2 heterocycles. The van der Waals surface area contributed by atoms with Crippen molar-refractivity contribution in [1.82, 2.24) is 4.90 Å². The molecule has 166 valence electrons. The Morgan fingerprint density at radius 2 is 1.55 bits per heavy atom. The van der Waals surface area contributed by atoms with Gasteiger partial charge in [-0.05, 0) is 47.9 Å². The highest BCUT2D eigenvalue weighted by Crippen LogP contribution is 2.48. The van der Waals surface area contributed by atoms with Crippen LogP contribution in [0.15, 0.2) is 77.3 Å². The van der Waals surface area contributed by atoms with Crippen molar-refractivity contribution in [3.8, 4) is 0 Å². The summed E-state index contributed by atoms with van der Waals surface area (Å²) < 4.78 is 0.897. The van der Waals surface area contributed by atoms with Crippen molar-refractivity contribution < 1.29 is 14.4 Å². The third kappa shape index (κ3) is 3.66. The summed E-state index contributed by atoms with van der Waals surface area (Å²) in [5.74, 6) is -1.42. The Morgan fingerprint density at radius 3 is 2.18 bits per heavy atom. The molecule has 0 saturated carbocycles. The zero-order valence-electron chi connectivity index (χ0n) is 17.2. The number of carbonyl (C=O) groups is 3. The predicted molar refractivity (Wildman–Crippen MR) is 131 cm³/mol. The zero-order valence-corrected chi connectivity index (χ0v) is 20.3. The minimum absolute atomic E-state index is 0.196. The van der Waals surface area contributed by atoms with Gasteiger partial charge < -0.3 is 0 Å². The van der Waals surface area contributed by atoms with Gasteiger partial charge in [0.25, 0.3) is 5.91 Å². The molecule has 1 unspecified atom stereocenters. The lowest BCUT2D eigenvalue weighted by molar-refractivity contribution is -0.132. The Hall–Kier alpha value is -2.67. The minimum atomic E-state index is -1.34. The molecule has 4 amide bonds. The van der Waals surface area contributed by atoms with Crippen LogP contribution in [-0.4, -0.2) is 28.3 Å². The number of hydrogen-bond donors (Lipinski definition) is 0. The lowest BCUT2D eigenvalue weighted by Crippen LogP contribution is -2.48. The smallest absolute Gasteiger partial charge is 0.274 e. The summed E-state index contributed by atoms with van der Waals surface area (Å²) in [6.07, 6.45) is 0.409. The SMILES string of the molecule is O=C1[C@@H](c2ccccc2)CC2(Cc3ccc(Br)cc3)C(=O)N(c3cc(Cl)cc(Cl)c3)C(=O)N12. The van der Waals surface area contributed by atoms with Crippen molar-refractivity contribution in [1.29, 1.82) is 0 Å². The van der Waals surface area contributed by atoms with E-state index in [-0.39, 0.29) is 24.4 Å². The standard InChI is InChI=1S/C25H17BrCl2N2O3/c26-17-8-6-15(7-9-17)13-25-14-21(16-4-2-1-3-5-16)22(31)30(25)24(33)29(23(25)32)20-11-18(27)10-19(28)12-20/h1-12,21H,13-14H2/t21-,25?/m1/s1. The van der Waals surface area contributed by atoms with Gasteiger partial charge in [-0.2, -0.15) is 0 Å². The van der Waals surface area contributed by atoms with Crippen molar-refractivity contribution in [2.24, 2.45) is 0 Å². The molecule has 2 fully saturated rings. The fraction of sp³-hybridized carbons (Fsp3) is 0.160. The molecule has 0 bridgehead atoms. The van der Waals surface area contributed by atoms with Crippen LogP contribution in [0.2, 0.25) is 10.0 Å². The van der Waals surface area contributed by atoms with Crippen LogP contribution in [0.5, 0.6) is 0 Å². The van der Waals surface area contributed by atoms with Gasteiger partial charge in [-0.1, -0.05) is 81.6 Å². The van der Waals surface area contributed by atoms with Crippen molar-refractivity contribution >= 4 is 62.7 Å². The van der Waals surface area contributed by atoms with Crippen molar-refractivity contribution in [2.75, 3.05) is 4.90 Å². The second-order valence-corrected chi connectivity index (χ2v) is 10.0. The third-order valence-corrected chi connectivity index (χ3v) is 7.15. The van der Waals surface area contributed by atoms with E-state index < -0.39 is 23.4 Å². The lowest BCUT2D eigenvalue weighted by atomic mass is 9.83. The molecule has 8 heteroatoms. The Labute approximate surface area is 209 Å². The summed E-state index contributed by atoms with van der Waals surface area (Å²) >= 11 is 15.7. The molecular formula is C25H17BrCl2N2O3. The van der Waals surface area contributed by atoms with Crippen LogP contribution in [0.25, 0.3) is 0 Å². The average molecular weight is 544 g/mol.